The van der Waals surface area contributed by atoms with Gasteiger partial charge in [0.2, 0.25) is 0 Å². The van der Waals surface area contributed by atoms with Crippen molar-refractivity contribution in [3.63, 3.8) is 0 Å². The predicted octanol–water partition coefficient (Wildman–Crippen LogP) is 6.18. The van der Waals surface area contributed by atoms with E-state index in [9.17, 15) is 14.7 Å². The Morgan fingerprint density at radius 2 is 1.84 bits per heavy atom. The lowest BCUT2D eigenvalue weighted by atomic mass is 9.99. The molecule has 1 aliphatic heterocycles. The van der Waals surface area contributed by atoms with Gasteiger partial charge in [-0.1, -0.05) is 24.3 Å². The Labute approximate surface area is 264 Å². The Bertz CT molecular complexity index is 1520. The summed E-state index contributed by atoms with van der Waals surface area (Å²) in [6.45, 7) is 9.51. The number of aliphatic hydroxyl groups is 1. The Morgan fingerprint density at radius 1 is 1.05 bits per heavy atom. The van der Waals surface area contributed by atoms with Crippen molar-refractivity contribution in [1.29, 1.82) is 0 Å². The Morgan fingerprint density at radius 3 is 2.55 bits per heavy atom. The zero-order valence-corrected chi connectivity index (χ0v) is 26.9. The first-order valence-electron chi connectivity index (χ1n) is 15.8. The van der Waals surface area contributed by atoms with Crippen LogP contribution in [-0.2, 0) is 16.8 Å². The molecule has 8 nitrogen and oxygen atoms in total. The first kappa shape index (κ1) is 30.6. The molecule has 44 heavy (non-hydrogen) atoms. The topological polar surface area (TPSA) is 103 Å². The van der Waals surface area contributed by atoms with Gasteiger partial charge in [-0.15, -0.1) is 11.3 Å². The van der Waals surface area contributed by atoms with Crippen LogP contribution in [0, 0.1) is 6.92 Å². The quantitative estimate of drug-likeness (QED) is 0.229. The number of aliphatic hydroxyl groups excluding tert-OH is 1. The highest BCUT2D eigenvalue weighted by Crippen LogP contribution is 2.47. The molecule has 2 saturated carbocycles. The SMILES string of the molecule is Cc1ccc(NC2CN(C(=O)OC(C)(C)C)C2)cc1C(=O)NC1(c2cccc(-c3ccc(CN[C@H]4CC[C@@H](O)C4)s3)c2)CC1. The monoisotopic (exact) mass is 616 g/mol. The maximum atomic E-state index is 13.6. The highest BCUT2D eigenvalue weighted by molar-refractivity contribution is 7.15. The minimum absolute atomic E-state index is 0.0699. The van der Waals surface area contributed by atoms with Crippen molar-refractivity contribution in [1.82, 2.24) is 15.5 Å². The number of ether oxygens (including phenoxy) is 1. The molecule has 0 radical (unpaired) electrons. The Kier molecular flexibility index (Phi) is 8.48. The number of nitrogens with zero attached hydrogens (tertiary/aromatic N) is 1. The van der Waals surface area contributed by atoms with Gasteiger partial charge in [0.25, 0.3) is 5.91 Å². The predicted molar refractivity (Wildman–Crippen MR) is 175 cm³/mol. The van der Waals surface area contributed by atoms with Crippen LogP contribution in [0.1, 0.15) is 79.2 Å². The van der Waals surface area contributed by atoms with Gasteiger partial charge in [0, 0.05) is 46.7 Å². The number of benzene rings is 2. The zero-order chi connectivity index (χ0) is 31.1. The van der Waals surface area contributed by atoms with Crippen molar-refractivity contribution in [2.75, 3.05) is 18.4 Å². The molecule has 2 atom stereocenters. The summed E-state index contributed by atoms with van der Waals surface area (Å²) in [4.78, 5) is 30.1. The van der Waals surface area contributed by atoms with Crippen molar-refractivity contribution in [2.45, 2.75) is 95.7 Å². The molecule has 1 aromatic heterocycles. The molecular formula is C35H44N4O4S. The second kappa shape index (κ2) is 12.2. The fourth-order valence-electron chi connectivity index (χ4n) is 6.12. The molecule has 3 fully saturated rings. The van der Waals surface area contributed by atoms with E-state index in [0.29, 0.717) is 24.7 Å². The maximum absolute atomic E-state index is 13.6. The lowest BCUT2D eigenvalue weighted by Crippen LogP contribution is -2.57. The van der Waals surface area contributed by atoms with E-state index >= 15 is 0 Å². The fourth-order valence-corrected chi connectivity index (χ4v) is 7.07. The molecule has 2 amide bonds. The number of likely N-dealkylation sites (tertiary alicyclic amines) is 1. The highest BCUT2D eigenvalue weighted by Gasteiger charge is 2.46. The van der Waals surface area contributed by atoms with E-state index in [1.165, 1.54) is 15.3 Å². The lowest BCUT2D eigenvalue weighted by molar-refractivity contribution is 0.0105. The van der Waals surface area contributed by atoms with Gasteiger partial charge < -0.3 is 30.7 Å². The van der Waals surface area contributed by atoms with Gasteiger partial charge in [0.15, 0.2) is 0 Å². The molecule has 234 valence electrons. The standard InChI is InChI=1S/C35H44N4O4S/c1-22-8-9-26(37-27-20-39(21-27)33(42)43-34(2,3)4)18-30(22)32(41)38-35(14-15-35)24-7-5-6-23(16-24)31-13-12-29(44-31)19-36-25-10-11-28(40)17-25/h5-9,12-13,16,18,25,27-28,36-37,40H,10-11,14-15,17,19-21H2,1-4H3,(H,38,41)/t25-,28+/m0/s1. The van der Waals surface area contributed by atoms with E-state index in [1.54, 1.807) is 16.2 Å². The van der Waals surface area contributed by atoms with Crippen LogP contribution in [0.3, 0.4) is 0 Å². The van der Waals surface area contributed by atoms with Crippen LogP contribution in [0.4, 0.5) is 10.5 Å². The van der Waals surface area contributed by atoms with Gasteiger partial charge in [-0.05, 0) is 107 Å². The number of carbonyl (C=O) groups excluding carboxylic acids is 2. The molecule has 1 saturated heterocycles. The van der Waals surface area contributed by atoms with Crippen LogP contribution in [0.5, 0.6) is 0 Å². The molecule has 2 aromatic carbocycles. The van der Waals surface area contributed by atoms with Gasteiger partial charge in [0.05, 0.1) is 17.7 Å². The molecule has 3 aliphatic rings. The summed E-state index contributed by atoms with van der Waals surface area (Å²) in [5, 5.41) is 20.2. The van der Waals surface area contributed by atoms with Gasteiger partial charge in [-0.2, -0.15) is 0 Å². The van der Waals surface area contributed by atoms with Crippen LogP contribution >= 0.6 is 11.3 Å². The minimum Gasteiger partial charge on any atom is -0.444 e. The highest BCUT2D eigenvalue weighted by atomic mass is 32.1. The molecule has 3 aromatic rings. The van der Waals surface area contributed by atoms with Gasteiger partial charge >= 0.3 is 6.09 Å². The van der Waals surface area contributed by atoms with Crippen molar-refractivity contribution in [3.05, 3.63) is 76.2 Å². The normalized spacial score (nSPS) is 21.1. The molecule has 0 spiro atoms. The van der Waals surface area contributed by atoms with E-state index in [4.69, 9.17) is 4.74 Å². The number of rotatable bonds is 9. The van der Waals surface area contributed by atoms with E-state index in [0.717, 1.165) is 55.5 Å². The summed E-state index contributed by atoms with van der Waals surface area (Å²) in [6.07, 6.45) is 4.12. The number of hydrogen-bond donors (Lipinski definition) is 4. The second-order valence-corrected chi connectivity index (χ2v) is 14.9. The molecule has 4 N–H and O–H groups in total. The van der Waals surface area contributed by atoms with Gasteiger partial charge in [-0.25, -0.2) is 4.79 Å². The minimum atomic E-state index is -0.513. The van der Waals surface area contributed by atoms with Crippen LogP contribution in [0.2, 0.25) is 0 Å². The first-order valence-corrected chi connectivity index (χ1v) is 16.6. The summed E-state index contributed by atoms with van der Waals surface area (Å²) < 4.78 is 5.46. The molecule has 2 heterocycles. The first-order chi connectivity index (χ1) is 21.0. The third-order valence-corrected chi connectivity index (χ3v) is 9.95. The molecule has 9 heteroatoms. The summed E-state index contributed by atoms with van der Waals surface area (Å²) in [6, 6.07) is 19.3. The molecule has 0 unspecified atom stereocenters. The lowest BCUT2D eigenvalue weighted by Gasteiger charge is -2.40. The number of amides is 2. The third-order valence-electron chi connectivity index (χ3n) is 8.82. The number of hydrogen-bond acceptors (Lipinski definition) is 7. The van der Waals surface area contributed by atoms with Gasteiger partial charge in [-0.3, -0.25) is 4.79 Å². The summed E-state index contributed by atoms with van der Waals surface area (Å²) in [5.74, 6) is -0.0699. The molecule has 0 bridgehead atoms. The fraction of sp³-hybridized carbons (Fsp3) is 0.486. The van der Waals surface area contributed by atoms with Crippen molar-refractivity contribution >= 4 is 29.0 Å². The van der Waals surface area contributed by atoms with Crippen LogP contribution in [-0.4, -0.2) is 58.9 Å². The average Bonchev–Trinajstić information content (AvgIpc) is 3.36. The van der Waals surface area contributed by atoms with E-state index in [1.807, 2.05) is 45.9 Å². The molecule has 6 rings (SSSR count). The summed E-state index contributed by atoms with van der Waals surface area (Å²) in [7, 11) is 0. The number of anilines is 1. The van der Waals surface area contributed by atoms with E-state index in [-0.39, 0.29) is 29.7 Å². The van der Waals surface area contributed by atoms with Crippen LogP contribution < -0.4 is 16.0 Å². The third kappa shape index (κ3) is 7.11. The second-order valence-electron chi connectivity index (χ2n) is 13.7. The molecular weight excluding hydrogens is 572 g/mol. The summed E-state index contributed by atoms with van der Waals surface area (Å²) in [5.41, 5.74) is 3.89. The largest absolute Gasteiger partial charge is 0.444 e. The number of aryl methyl sites for hydroxylation is 1. The number of nitrogens with one attached hydrogen (secondary N) is 3. The zero-order valence-electron chi connectivity index (χ0n) is 26.1. The van der Waals surface area contributed by atoms with Crippen LogP contribution in [0.15, 0.2) is 54.6 Å². The number of carbonyl (C=O) groups is 2. The Balaban J connectivity index is 1.07. The maximum Gasteiger partial charge on any atom is 0.410 e. The average molecular weight is 617 g/mol. The smallest absolute Gasteiger partial charge is 0.410 e. The van der Waals surface area contributed by atoms with Gasteiger partial charge in [0.1, 0.15) is 5.60 Å². The van der Waals surface area contributed by atoms with Crippen molar-refractivity contribution < 1.29 is 19.4 Å². The van der Waals surface area contributed by atoms with Crippen molar-refractivity contribution in [3.8, 4) is 10.4 Å². The number of thiophene rings is 1. The summed E-state index contributed by atoms with van der Waals surface area (Å²) >= 11 is 1.79. The molecule has 2 aliphatic carbocycles. The Hall–Kier alpha value is -3.40. The van der Waals surface area contributed by atoms with Crippen LogP contribution in [0.25, 0.3) is 10.4 Å². The van der Waals surface area contributed by atoms with E-state index in [2.05, 4.69) is 52.3 Å². The van der Waals surface area contributed by atoms with E-state index < -0.39 is 5.60 Å². The van der Waals surface area contributed by atoms with Crippen molar-refractivity contribution in [2.24, 2.45) is 0 Å².